The van der Waals surface area contributed by atoms with Crippen molar-refractivity contribution in [2.75, 3.05) is 26.7 Å². The van der Waals surface area contributed by atoms with Crippen LogP contribution in [-0.2, 0) is 15.7 Å². The smallest absolute Gasteiger partial charge is 0.399 e. The zero-order valence-electron chi connectivity index (χ0n) is 15.1. The van der Waals surface area contributed by atoms with Crippen LogP contribution in [0.3, 0.4) is 0 Å². The fraction of sp³-hybridized carbons (Fsp3) is 0.667. The third kappa shape index (κ3) is 3.63. The highest BCUT2D eigenvalue weighted by molar-refractivity contribution is 6.62. The molecule has 2 fully saturated rings. The summed E-state index contributed by atoms with van der Waals surface area (Å²) in [6.45, 7) is 11.7. The van der Waals surface area contributed by atoms with Crippen LogP contribution in [-0.4, -0.2) is 55.9 Å². The molecule has 0 spiro atoms. The van der Waals surface area contributed by atoms with Crippen molar-refractivity contribution in [1.82, 2.24) is 10.2 Å². The standard InChI is InChI=1S/C18H29BN2O2/c1-17(2)18(3,4)23-19(22-17)15-8-6-14(7-9-15)12-16-13-21(5)11-10-20-16/h6-9,16,20H,10-13H2,1-5H3. The molecule has 2 saturated heterocycles. The van der Waals surface area contributed by atoms with Crippen LogP contribution >= 0.6 is 0 Å². The van der Waals surface area contributed by atoms with Crippen molar-refractivity contribution < 1.29 is 9.31 Å². The van der Waals surface area contributed by atoms with Crippen molar-refractivity contribution >= 4 is 12.6 Å². The molecule has 3 rings (SSSR count). The molecule has 0 amide bonds. The molecule has 126 valence electrons. The van der Waals surface area contributed by atoms with Crippen molar-refractivity contribution in [2.45, 2.75) is 51.4 Å². The molecule has 0 radical (unpaired) electrons. The van der Waals surface area contributed by atoms with Crippen molar-refractivity contribution in [2.24, 2.45) is 0 Å². The number of likely N-dealkylation sites (N-methyl/N-ethyl adjacent to an activating group) is 1. The second kappa shape index (κ2) is 6.21. The van der Waals surface area contributed by atoms with Gasteiger partial charge in [0, 0.05) is 25.7 Å². The third-order valence-corrected chi connectivity index (χ3v) is 5.45. The van der Waals surface area contributed by atoms with Gasteiger partial charge >= 0.3 is 7.12 Å². The molecule has 2 heterocycles. The van der Waals surface area contributed by atoms with Gasteiger partial charge in [-0.1, -0.05) is 24.3 Å². The largest absolute Gasteiger partial charge is 0.494 e. The molecular weight excluding hydrogens is 287 g/mol. The van der Waals surface area contributed by atoms with Crippen LogP contribution in [0.25, 0.3) is 0 Å². The summed E-state index contributed by atoms with van der Waals surface area (Å²) in [7, 11) is 1.92. The Morgan fingerprint density at radius 3 is 2.30 bits per heavy atom. The van der Waals surface area contributed by atoms with Gasteiger partial charge in [-0.15, -0.1) is 0 Å². The Labute approximate surface area is 140 Å². The summed E-state index contributed by atoms with van der Waals surface area (Å²) in [5.41, 5.74) is 1.89. The van der Waals surface area contributed by atoms with E-state index < -0.39 is 0 Å². The molecule has 1 aromatic carbocycles. The zero-order valence-corrected chi connectivity index (χ0v) is 15.1. The number of benzene rings is 1. The van der Waals surface area contributed by atoms with E-state index in [1.165, 1.54) is 5.56 Å². The molecular formula is C18H29BN2O2. The monoisotopic (exact) mass is 316 g/mol. The predicted molar refractivity (Wildman–Crippen MR) is 95.1 cm³/mol. The van der Waals surface area contributed by atoms with Crippen molar-refractivity contribution in [3.05, 3.63) is 29.8 Å². The molecule has 2 aliphatic heterocycles. The van der Waals surface area contributed by atoms with Crippen LogP contribution in [0.2, 0.25) is 0 Å². The van der Waals surface area contributed by atoms with E-state index in [9.17, 15) is 0 Å². The van der Waals surface area contributed by atoms with Crippen molar-refractivity contribution in [1.29, 1.82) is 0 Å². The van der Waals surface area contributed by atoms with Gasteiger partial charge in [-0.05, 0) is 52.2 Å². The van der Waals surface area contributed by atoms with Crippen LogP contribution in [0.1, 0.15) is 33.3 Å². The van der Waals surface area contributed by atoms with Gasteiger partial charge in [-0.25, -0.2) is 0 Å². The topological polar surface area (TPSA) is 33.7 Å². The molecule has 2 aliphatic rings. The highest BCUT2D eigenvalue weighted by Gasteiger charge is 2.51. The van der Waals surface area contributed by atoms with E-state index in [1.54, 1.807) is 0 Å². The van der Waals surface area contributed by atoms with E-state index in [0.29, 0.717) is 6.04 Å². The fourth-order valence-electron chi connectivity index (χ4n) is 3.20. The summed E-state index contributed by atoms with van der Waals surface area (Å²) in [5.74, 6) is 0. The molecule has 0 bridgehead atoms. The Morgan fingerprint density at radius 2 is 1.74 bits per heavy atom. The molecule has 1 aromatic rings. The van der Waals surface area contributed by atoms with E-state index in [4.69, 9.17) is 9.31 Å². The van der Waals surface area contributed by atoms with Crippen LogP contribution in [0.15, 0.2) is 24.3 Å². The average Bonchev–Trinajstić information content (AvgIpc) is 2.68. The number of piperazine rings is 1. The average molecular weight is 316 g/mol. The summed E-state index contributed by atoms with van der Waals surface area (Å²) in [6.07, 6.45) is 1.06. The summed E-state index contributed by atoms with van der Waals surface area (Å²) < 4.78 is 12.2. The van der Waals surface area contributed by atoms with Gasteiger partial charge in [-0.2, -0.15) is 0 Å². The Morgan fingerprint density at radius 1 is 1.13 bits per heavy atom. The Bertz CT molecular complexity index is 528. The van der Waals surface area contributed by atoms with E-state index >= 15 is 0 Å². The quantitative estimate of drug-likeness (QED) is 0.856. The number of hydrogen-bond donors (Lipinski definition) is 1. The number of hydrogen-bond acceptors (Lipinski definition) is 4. The van der Waals surface area contributed by atoms with Gasteiger partial charge in [0.05, 0.1) is 11.2 Å². The Balaban J connectivity index is 1.64. The minimum Gasteiger partial charge on any atom is -0.399 e. The van der Waals surface area contributed by atoms with Gasteiger partial charge < -0.3 is 19.5 Å². The maximum atomic E-state index is 6.11. The predicted octanol–water partition coefficient (Wildman–Crippen LogP) is 1.43. The third-order valence-electron chi connectivity index (χ3n) is 5.45. The lowest BCUT2D eigenvalue weighted by Gasteiger charge is -2.32. The molecule has 23 heavy (non-hydrogen) atoms. The maximum Gasteiger partial charge on any atom is 0.494 e. The van der Waals surface area contributed by atoms with Gasteiger partial charge in [0.2, 0.25) is 0 Å². The van der Waals surface area contributed by atoms with Gasteiger partial charge in [0.1, 0.15) is 0 Å². The molecule has 0 aromatic heterocycles. The minimum atomic E-state index is -0.285. The lowest BCUT2D eigenvalue weighted by molar-refractivity contribution is 0.00578. The van der Waals surface area contributed by atoms with E-state index in [2.05, 4.69) is 69.2 Å². The lowest BCUT2D eigenvalue weighted by atomic mass is 9.78. The number of nitrogens with zero attached hydrogens (tertiary/aromatic N) is 1. The highest BCUT2D eigenvalue weighted by Crippen LogP contribution is 2.36. The molecule has 0 aliphatic carbocycles. The highest BCUT2D eigenvalue weighted by atomic mass is 16.7. The molecule has 1 N–H and O–H groups in total. The van der Waals surface area contributed by atoms with Crippen molar-refractivity contribution in [3.63, 3.8) is 0 Å². The van der Waals surface area contributed by atoms with Gasteiger partial charge in [0.15, 0.2) is 0 Å². The summed E-state index contributed by atoms with van der Waals surface area (Å²) in [4.78, 5) is 2.39. The van der Waals surface area contributed by atoms with E-state index in [0.717, 1.165) is 31.5 Å². The van der Waals surface area contributed by atoms with Crippen LogP contribution in [0.4, 0.5) is 0 Å². The van der Waals surface area contributed by atoms with Crippen LogP contribution in [0, 0.1) is 0 Å². The molecule has 4 nitrogen and oxygen atoms in total. The Kier molecular flexibility index (Phi) is 4.58. The zero-order chi connectivity index (χ0) is 16.7. The normalized spacial score (nSPS) is 27.3. The molecule has 0 saturated carbocycles. The number of nitrogens with one attached hydrogen (secondary N) is 1. The summed E-state index contributed by atoms with van der Waals surface area (Å²) in [5, 5.41) is 3.60. The first-order valence-electron chi connectivity index (χ1n) is 8.63. The number of rotatable bonds is 3. The second-order valence-corrected chi connectivity index (χ2v) is 7.95. The molecule has 5 heteroatoms. The first-order chi connectivity index (χ1) is 10.8. The van der Waals surface area contributed by atoms with Crippen LogP contribution < -0.4 is 10.8 Å². The van der Waals surface area contributed by atoms with E-state index in [-0.39, 0.29) is 18.3 Å². The van der Waals surface area contributed by atoms with E-state index in [1.807, 2.05) is 0 Å². The van der Waals surface area contributed by atoms with Crippen molar-refractivity contribution in [3.8, 4) is 0 Å². The van der Waals surface area contributed by atoms with Gasteiger partial charge in [0.25, 0.3) is 0 Å². The molecule has 1 unspecified atom stereocenters. The first kappa shape index (κ1) is 17.0. The lowest BCUT2D eigenvalue weighted by Crippen LogP contribution is -2.49. The maximum absolute atomic E-state index is 6.11. The SMILES string of the molecule is CN1CCNC(Cc2ccc(B3OC(C)(C)C(C)(C)O3)cc2)C1. The minimum absolute atomic E-state index is 0.270. The second-order valence-electron chi connectivity index (χ2n) is 7.95. The van der Waals surface area contributed by atoms with Gasteiger partial charge in [-0.3, -0.25) is 0 Å². The Hall–Kier alpha value is -0.875. The summed E-state index contributed by atoms with van der Waals surface area (Å²) in [6, 6.07) is 9.23. The first-order valence-corrected chi connectivity index (χ1v) is 8.63. The molecule has 1 atom stereocenters. The fourth-order valence-corrected chi connectivity index (χ4v) is 3.20. The van der Waals surface area contributed by atoms with Crippen LogP contribution in [0.5, 0.6) is 0 Å². The summed E-state index contributed by atoms with van der Waals surface area (Å²) >= 11 is 0.